The Labute approximate surface area is 286 Å². The van der Waals surface area contributed by atoms with Gasteiger partial charge in [0.05, 0.1) is 25.4 Å². The van der Waals surface area contributed by atoms with Crippen molar-refractivity contribution in [2.24, 2.45) is 0 Å². The van der Waals surface area contributed by atoms with Gasteiger partial charge in [-0.05, 0) is 12.8 Å². The van der Waals surface area contributed by atoms with Gasteiger partial charge in [-0.1, -0.05) is 149 Å². The first-order valence-electron chi connectivity index (χ1n) is 19.3. The second-order valence-corrected chi connectivity index (χ2v) is 13.9. The molecule has 1 amide bonds. The lowest BCUT2D eigenvalue weighted by molar-refractivity contribution is -0.303. The molecule has 1 saturated heterocycles. The van der Waals surface area contributed by atoms with Gasteiger partial charge in [0.1, 0.15) is 30.5 Å². The molecule has 280 valence electrons. The van der Waals surface area contributed by atoms with Crippen LogP contribution < -0.4 is 5.32 Å². The summed E-state index contributed by atoms with van der Waals surface area (Å²) in [6, 6.07) is -0.981. The zero-order valence-corrected chi connectivity index (χ0v) is 29.9. The molecule has 1 rings (SSSR count). The molecular formula is C37H73NO9. The molecule has 2 unspecified atom stereocenters. The van der Waals surface area contributed by atoms with E-state index < -0.39 is 55.6 Å². The summed E-state index contributed by atoms with van der Waals surface area (Å²) in [6.45, 7) is 3.56. The lowest BCUT2D eigenvalue weighted by atomic mass is 9.98. The molecule has 10 nitrogen and oxygen atoms in total. The standard InChI is InChI=1S/C37H73NO9/c1-3-5-7-9-11-13-15-17-19-21-23-25-30(40)33(42)29(28-46-37-36(45)35(44)34(43)31(27-39)47-37)38-32(41)26-24-22-20-18-16-14-12-10-8-6-4-2/h29-31,33-37,39-40,42-45H,3-28H2,1-2H3,(H,38,41)/t29-,30+,31+,33-,34+,35?,36?,37+/m0/s1. The van der Waals surface area contributed by atoms with E-state index in [-0.39, 0.29) is 18.9 Å². The summed E-state index contributed by atoms with van der Waals surface area (Å²) in [5.74, 6) is -0.260. The molecule has 7 N–H and O–H groups in total. The van der Waals surface area contributed by atoms with Crippen molar-refractivity contribution in [1.29, 1.82) is 0 Å². The maximum atomic E-state index is 12.9. The van der Waals surface area contributed by atoms with Crippen molar-refractivity contribution in [3.8, 4) is 0 Å². The van der Waals surface area contributed by atoms with Crippen molar-refractivity contribution in [3.63, 3.8) is 0 Å². The summed E-state index contributed by atoms with van der Waals surface area (Å²) in [5.41, 5.74) is 0. The lowest BCUT2D eigenvalue weighted by Gasteiger charge is -2.40. The molecule has 0 aromatic carbocycles. The first-order valence-corrected chi connectivity index (χ1v) is 19.3. The molecule has 1 aliphatic heterocycles. The van der Waals surface area contributed by atoms with Gasteiger partial charge in [0.2, 0.25) is 5.91 Å². The smallest absolute Gasteiger partial charge is 0.220 e. The van der Waals surface area contributed by atoms with E-state index >= 15 is 0 Å². The van der Waals surface area contributed by atoms with E-state index in [2.05, 4.69) is 19.2 Å². The molecule has 1 aliphatic rings. The number of carbonyl (C=O) groups excluding carboxylic acids is 1. The molecule has 0 saturated carbocycles. The van der Waals surface area contributed by atoms with E-state index in [1.165, 1.54) is 89.9 Å². The van der Waals surface area contributed by atoms with Crippen LogP contribution in [0.1, 0.15) is 168 Å². The first-order chi connectivity index (χ1) is 22.8. The fraction of sp³-hybridized carbons (Fsp3) is 0.973. The quantitative estimate of drug-likeness (QED) is 0.0475. The second kappa shape index (κ2) is 28.9. The molecule has 0 aliphatic carbocycles. The summed E-state index contributed by atoms with van der Waals surface area (Å²) < 4.78 is 11.1. The van der Waals surface area contributed by atoms with E-state index in [0.717, 1.165) is 51.4 Å². The molecule has 0 bridgehead atoms. The van der Waals surface area contributed by atoms with Crippen LogP contribution in [0.15, 0.2) is 0 Å². The molecule has 0 aromatic rings. The number of nitrogens with one attached hydrogen (secondary N) is 1. The fourth-order valence-corrected chi connectivity index (χ4v) is 6.31. The fourth-order valence-electron chi connectivity index (χ4n) is 6.31. The van der Waals surface area contributed by atoms with Gasteiger partial charge in [-0.2, -0.15) is 0 Å². The van der Waals surface area contributed by atoms with Gasteiger partial charge in [0.25, 0.3) is 0 Å². The zero-order valence-electron chi connectivity index (χ0n) is 29.9. The Morgan fingerprint density at radius 2 is 1.11 bits per heavy atom. The van der Waals surface area contributed by atoms with Crippen LogP contribution in [0.2, 0.25) is 0 Å². The maximum absolute atomic E-state index is 12.9. The predicted octanol–water partition coefficient (Wildman–Crippen LogP) is 5.41. The second-order valence-electron chi connectivity index (χ2n) is 13.9. The Bertz CT molecular complexity index is 728. The Morgan fingerprint density at radius 3 is 1.57 bits per heavy atom. The number of amides is 1. The summed E-state index contributed by atoms with van der Waals surface area (Å²) in [6.07, 6.45) is 16.9. The van der Waals surface area contributed by atoms with Gasteiger partial charge in [-0.3, -0.25) is 4.79 Å². The zero-order chi connectivity index (χ0) is 34.7. The Balaban J connectivity index is 2.51. The van der Waals surface area contributed by atoms with Crippen molar-refractivity contribution in [1.82, 2.24) is 5.32 Å². The van der Waals surface area contributed by atoms with E-state index in [9.17, 15) is 35.4 Å². The predicted molar refractivity (Wildman–Crippen MR) is 186 cm³/mol. The minimum atomic E-state index is -1.60. The van der Waals surface area contributed by atoms with Crippen molar-refractivity contribution < 1.29 is 44.9 Å². The number of unbranched alkanes of at least 4 members (excludes halogenated alkanes) is 20. The summed E-state index contributed by atoms with van der Waals surface area (Å²) >= 11 is 0. The highest BCUT2D eigenvalue weighted by Crippen LogP contribution is 2.23. The molecule has 8 atom stereocenters. The maximum Gasteiger partial charge on any atom is 0.220 e. The highest BCUT2D eigenvalue weighted by Gasteiger charge is 2.44. The minimum Gasteiger partial charge on any atom is -0.394 e. The van der Waals surface area contributed by atoms with Crippen LogP contribution >= 0.6 is 0 Å². The molecule has 0 radical (unpaired) electrons. The average molecular weight is 676 g/mol. The van der Waals surface area contributed by atoms with Crippen LogP contribution in [-0.2, 0) is 14.3 Å². The minimum absolute atomic E-state index is 0.260. The molecule has 0 spiro atoms. The number of aliphatic hydroxyl groups is 6. The van der Waals surface area contributed by atoms with Gasteiger partial charge >= 0.3 is 0 Å². The van der Waals surface area contributed by atoms with Crippen molar-refractivity contribution in [2.45, 2.75) is 217 Å². The number of ether oxygens (including phenoxy) is 2. The number of rotatable bonds is 31. The number of aliphatic hydroxyl groups excluding tert-OH is 6. The lowest BCUT2D eigenvalue weighted by Crippen LogP contribution is -2.60. The Hall–Kier alpha value is -0.850. The van der Waals surface area contributed by atoms with Gasteiger partial charge in [0, 0.05) is 6.42 Å². The van der Waals surface area contributed by atoms with Crippen molar-refractivity contribution in [3.05, 3.63) is 0 Å². The third kappa shape index (κ3) is 20.4. The van der Waals surface area contributed by atoms with Gasteiger partial charge in [0.15, 0.2) is 6.29 Å². The van der Waals surface area contributed by atoms with Crippen LogP contribution in [0.25, 0.3) is 0 Å². The third-order valence-electron chi connectivity index (χ3n) is 9.55. The molecule has 1 heterocycles. The van der Waals surface area contributed by atoms with Crippen molar-refractivity contribution >= 4 is 5.91 Å². The summed E-state index contributed by atoms with van der Waals surface area (Å²) in [7, 11) is 0. The largest absolute Gasteiger partial charge is 0.394 e. The molecular weight excluding hydrogens is 602 g/mol. The number of hydrogen-bond donors (Lipinski definition) is 7. The topological polar surface area (TPSA) is 169 Å². The highest BCUT2D eigenvalue weighted by atomic mass is 16.7. The number of carbonyl (C=O) groups is 1. The summed E-state index contributed by atoms with van der Waals surface area (Å²) in [4.78, 5) is 12.9. The SMILES string of the molecule is CCCCCCCCCCCCCC(=O)N[C@@H](CO[C@@H]1O[C@H](CO)[C@@H](O)C(O)C1O)[C@H](O)[C@H](O)CCCCCCCCCCCCC. The van der Waals surface area contributed by atoms with Gasteiger partial charge < -0.3 is 45.4 Å². The van der Waals surface area contributed by atoms with E-state index in [4.69, 9.17) is 9.47 Å². The van der Waals surface area contributed by atoms with Crippen LogP contribution in [-0.4, -0.2) is 98.7 Å². The number of hydrogen-bond acceptors (Lipinski definition) is 9. The van der Waals surface area contributed by atoms with Crippen molar-refractivity contribution in [2.75, 3.05) is 13.2 Å². The monoisotopic (exact) mass is 676 g/mol. The average Bonchev–Trinajstić information content (AvgIpc) is 3.07. The van der Waals surface area contributed by atoms with E-state index in [1.54, 1.807) is 0 Å². The molecule has 1 fully saturated rings. The normalized spacial score (nSPS) is 23.4. The van der Waals surface area contributed by atoms with Crippen LogP contribution in [0, 0.1) is 0 Å². The molecule has 47 heavy (non-hydrogen) atoms. The third-order valence-corrected chi connectivity index (χ3v) is 9.55. The first kappa shape index (κ1) is 44.2. The van der Waals surface area contributed by atoms with Crippen LogP contribution in [0.4, 0.5) is 0 Å². The van der Waals surface area contributed by atoms with Crippen LogP contribution in [0.5, 0.6) is 0 Å². The van der Waals surface area contributed by atoms with E-state index in [1.807, 2.05) is 0 Å². The molecule has 10 heteroatoms. The molecule has 0 aromatic heterocycles. The summed E-state index contributed by atoms with van der Waals surface area (Å²) in [5, 5.41) is 64.7. The van der Waals surface area contributed by atoms with Gasteiger partial charge in [-0.25, -0.2) is 0 Å². The van der Waals surface area contributed by atoms with Crippen LogP contribution in [0.3, 0.4) is 0 Å². The van der Waals surface area contributed by atoms with Gasteiger partial charge in [-0.15, -0.1) is 0 Å². The van der Waals surface area contributed by atoms with E-state index in [0.29, 0.717) is 6.42 Å². The Kier molecular flexibility index (Phi) is 27.2. The Morgan fingerprint density at radius 1 is 0.660 bits per heavy atom. The highest BCUT2D eigenvalue weighted by molar-refractivity contribution is 5.76.